The first-order valence-electron chi connectivity index (χ1n) is 10.6. The SMILES string of the molecule is CC1(C)Cc2c(sc3c2c(=O)n(-c2ccc(Cl)cc2)c(=O)n3Cc2ccc([N+](=O)[O-])cc2)CO1. The molecule has 0 saturated heterocycles. The smallest absolute Gasteiger partial charge is 0.337 e. The molecule has 10 heteroatoms. The number of nitro groups is 1. The maximum atomic E-state index is 13.7. The maximum Gasteiger partial charge on any atom is 0.337 e. The predicted octanol–water partition coefficient (Wildman–Crippen LogP) is 4.68. The summed E-state index contributed by atoms with van der Waals surface area (Å²) in [6.45, 7) is 4.48. The van der Waals surface area contributed by atoms with Crippen LogP contribution in [0.1, 0.15) is 29.9 Å². The van der Waals surface area contributed by atoms with Gasteiger partial charge < -0.3 is 4.74 Å². The molecule has 0 spiro atoms. The Morgan fingerprint density at radius 1 is 1.12 bits per heavy atom. The third-order valence-corrected chi connectivity index (χ3v) is 7.41. The Kier molecular flexibility index (Phi) is 5.43. The summed E-state index contributed by atoms with van der Waals surface area (Å²) >= 11 is 7.41. The third-order valence-electron chi connectivity index (χ3n) is 5.93. The number of benzene rings is 2. The van der Waals surface area contributed by atoms with Crippen LogP contribution in [0, 0.1) is 10.1 Å². The molecule has 0 unspecified atom stereocenters. The van der Waals surface area contributed by atoms with Gasteiger partial charge in [-0.1, -0.05) is 23.7 Å². The molecule has 0 radical (unpaired) electrons. The molecule has 174 valence electrons. The lowest BCUT2D eigenvalue weighted by molar-refractivity contribution is -0.384. The number of rotatable bonds is 4. The minimum Gasteiger partial charge on any atom is -0.370 e. The molecule has 0 N–H and O–H groups in total. The summed E-state index contributed by atoms with van der Waals surface area (Å²) in [6, 6.07) is 12.6. The molecule has 0 fully saturated rings. The van der Waals surface area contributed by atoms with Gasteiger partial charge in [0.05, 0.1) is 34.7 Å². The largest absolute Gasteiger partial charge is 0.370 e. The van der Waals surface area contributed by atoms with Crippen LogP contribution < -0.4 is 11.2 Å². The van der Waals surface area contributed by atoms with Crippen molar-refractivity contribution in [3.05, 3.63) is 101 Å². The average molecular weight is 498 g/mol. The Morgan fingerprint density at radius 3 is 2.44 bits per heavy atom. The predicted molar refractivity (Wildman–Crippen MR) is 131 cm³/mol. The highest BCUT2D eigenvalue weighted by Crippen LogP contribution is 2.37. The van der Waals surface area contributed by atoms with Crippen molar-refractivity contribution in [1.29, 1.82) is 0 Å². The third kappa shape index (κ3) is 3.85. The van der Waals surface area contributed by atoms with Gasteiger partial charge in [-0.05, 0) is 49.2 Å². The van der Waals surface area contributed by atoms with Crippen molar-refractivity contribution in [2.24, 2.45) is 0 Å². The molecule has 0 saturated carbocycles. The lowest BCUT2D eigenvalue weighted by Crippen LogP contribution is -2.39. The Bertz CT molecular complexity index is 1550. The van der Waals surface area contributed by atoms with Gasteiger partial charge in [0.25, 0.3) is 11.2 Å². The first-order chi connectivity index (χ1) is 16.1. The zero-order chi connectivity index (χ0) is 24.2. The molecule has 2 aromatic carbocycles. The normalized spacial score (nSPS) is 14.8. The Balaban J connectivity index is 1.77. The van der Waals surface area contributed by atoms with E-state index in [9.17, 15) is 19.7 Å². The van der Waals surface area contributed by atoms with E-state index < -0.39 is 16.2 Å². The number of aromatic nitrogens is 2. The number of ether oxygens (including phenoxy) is 1. The summed E-state index contributed by atoms with van der Waals surface area (Å²) in [5.74, 6) is 0. The van der Waals surface area contributed by atoms with Crippen molar-refractivity contribution in [3.8, 4) is 5.69 Å². The number of thiophene rings is 1. The second-order valence-electron chi connectivity index (χ2n) is 8.82. The molecule has 0 amide bonds. The minimum absolute atomic E-state index is 0.0293. The summed E-state index contributed by atoms with van der Waals surface area (Å²) < 4.78 is 8.67. The van der Waals surface area contributed by atoms with Gasteiger partial charge in [-0.25, -0.2) is 9.36 Å². The van der Waals surface area contributed by atoms with E-state index in [1.165, 1.54) is 28.0 Å². The first kappa shape index (κ1) is 22.5. The topological polar surface area (TPSA) is 96.4 Å². The van der Waals surface area contributed by atoms with Crippen LogP contribution >= 0.6 is 22.9 Å². The summed E-state index contributed by atoms with van der Waals surface area (Å²) in [7, 11) is 0. The van der Waals surface area contributed by atoms with Crippen LogP contribution in [-0.4, -0.2) is 19.7 Å². The summed E-state index contributed by atoms with van der Waals surface area (Å²) in [4.78, 5) is 39.4. The van der Waals surface area contributed by atoms with Crippen molar-refractivity contribution in [1.82, 2.24) is 9.13 Å². The number of fused-ring (bicyclic) bond motifs is 3. The number of hydrogen-bond acceptors (Lipinski definition) is 6. The van der Waals surface area contributed by atoms with Gasteiger partial charge in [0.15, 0.2) is 0 Å². The monoisotopic (exact) mass is 497 g/mol. The van der Waals surface area contributed by atoms with E-state index >= 15 is 0 Å². The molecule has 3 heterocycles. The number of hydrogen-bond donors (Lipinski definition) is 0. The molecule has 0 aliphatic carbocycles. The van der Waals surface area contributed by atoms with E-state index in [0.29, 0.717) is 39.5 Å². The molecular weight excluding hydrogens is 478 g/mol. The molecule has 0 bridgehead atoms. The minimum atomic E-state index is -0.489. The lowest BCUT2D eigenvalue weighted by Gasteiger charge is -2.29. The fourth-order valence-electron chi connectivity index (χ4n) is 4.22. The zero-order valence-corrected chi connectivity index (χ0v) is 20.0. The highest BCUT2D eigenvalue weighted by molar-refractivity contribution is 7.18. The first-order valence-corrected chi connectivity index (χ1v) is 11.8. The van der Waals surface area contributed by atoms with Crippen molar-refractivity contribution >= 4 is 38.8 Å². The Hall–Kier alpha value is -3.27. The Labute approximate surface area is 202 Å². The van der Waals surface area contributed by atoms with Crippen molar-refractivity contribution in [2.45, 2.75) is 39.0 Å². The molecule has 1 aliphatic rings. The van der Waals surface area contributed by atoms with E-state index in [2.05, 4.69) is 0 Å². The summed E-state index contributed by atoms with van der Waals surface area (Å²) in [5.41, 5.74) is 0.704. The van der Waals surface area contributed by atoms with Crippen LogP contribution in [-0.2, 0) is 24.3 Å². The van der Waals surface area contributed by atoms with Gasteiger partial charge in [0, 0.05) is 28.5 Å². The van der Waals surface area contributed by atoms with Crippen LogP contribution in [0.4, 0.5) is 5.69 Å². The number of non-ortho nitro benzene ring substituents is 1. The van der Waals surface area contributed by atoms with E-state index in [4.69, 9.17) is 16.3 Å². The fraction of sp³-hybridized carbons (Fsp3) is 0.250. The van der Waals surface area contributed by atoms with E-state index in [-0.39, 0.29) is 17.8 Å². The van der Waals surface area contributed by atoms with Crippen molar-refractivity contribution in [3.63, 3.8) is 0 Å². The number of nitrogens with zero attached hydrogens (tertiary/aromatic N) is 3. The molecule has 0 atom stereocenters. The molecule has 8 nitrogen and oxygen atoms in total. The van der Waals surface area contributed by atoms with Gasteiger partial charge in [-0.3, -0.25) is 19.5 Å². The average Bonchev–Trinajstić information content (AvgIpc) is 3.16. The highest BCUT2D eigenvalue weighted by atomic mass is 35.5. The second kappa shape index (κ2) is 8.19. The van der Waals surface area contributed by atoms with Crippen LogP contribution in [0.2, 0.25) is 5.02 Å². The van der Waals surface area contributed by atoms with E-state index in [0.717, 1.165) is 10.4 Å². The zero-order valence-electron chi connectivity index (χ0n) is 18.4. The van der Waals surface area contributed by atoms with Gasteiger partial charge in [0.2, 0.25) is 0 Å². The van der Waals surface area contributed by atoms with Crippen LogP contribution in [0.25, 0.3) is 15.9 Å². The lowest BCUT2D eigenvalue weighted by atomic mass is 9.94. The van der Waals surface area contributed by atoms with Crippen LogP contribution in [0.15, 0.2) is 58.1 Å². The summed E-state index contributed by atoms with van der Waals surface area (Å²) in [5, 5.41) is 12.0. The highest BCUT2D eigenvalue weighted by Gasteiger charge is 2.32. The standard InChI is InChI=1S/C24H20ClN3O5S/c1-24(2)11-18-19(13-33-24)34-22-20(18)21(29)27(16-9-5-15(25)6-10-16)23(30)26(22)12-14-3-7-17(8-4-14)28(31)32/h3-10H,11-13H2,1-2H3. The van der Waals surface area contributed by atoms with Gasteiger partial charge in [-0.15, -0.1) is 11.3 Å². The van der Waals surface area contributed by atoms with Crippen LogP contribution in [0.3, 0.4) is 0 Å². The van der Waals surface area contributed by atoms with Crippen molar-refractivity contribution < 1.29 is 9.66 Å². The maximum absolute atomic E-state index is 13.7. The van der Waals surface area contributed by atoms with Gasteiger partial charge in [0.1, 0.15) is 4.83 Å². The fourth-order valence-corrected chi connectivity index (χ4v) is 5.56. The van der Waals surface area contributed by atoms with Crippen LogP contribution in [0.5, 0.6) is 0 Å². The molecular formula is C24H20ClN3O5S. The quantitative estimate of drug-likeness (QED) is 0.301. The second-order valence-corrected chi connectivity index (χ2v) is 10.3. The molecule has 34 heavy (non-hydrogen) atoms. The van der Waals surface area contributed by atoms with Gasteiger partial charge in [-0.2, -0.15) is 0 Å². The Morgan fingerprint density at radius 2 is 1.79 bits per heavy atom. The van der Waals surface area contributed by atoms with Crippen molar-refractivity contribution in [2.75, 3.05) is 0 Å². The number of nitro benzene ring substituents is 1. The summed E-state index contributed by atoms with van der Waals surface area (Å²) in [6.07, 6.45) is 0.550. The van der Waals surface area contributed by atoms with Gasteiger partial charge >= 0.3 is 5.69 Å². The molecule has 1 aliphatic heterocycles. The number of halogens is 1. The van der Waals surface area contributed by atoms with E-state index in [1.807, 2.05) is 13.8 Å². The molecule has 2 aromatic heterocycles. The van der Waals surface area contributed by atoms with E-state index in [1.54, 1.807) is 41.0 Å². The molecule has 4 aromatic rings. The molecule has 5 rings (SSSR count).